The lowest BCUT2D eigenvalue weighted by molar-refractivity contribution is -0.268. The highest BCUT2D eigenvalue weighted by molar-refractivity contribution is 7.87. The molecule has 0 spiro atoms. The first-order chi connectivity index (χ1) is 8.83. The van der Waals surface area contributed by atoms with Crippen molar-refractivity contribution in [1.29, 1.82) is 0 Å². The number of hydrogen-bond acceptors (Lipinski definition) is 2. The Morgan fingerprint density at radius 2 is 1.30 bits per heavy atom. The Morgan fingerprint density at radius 3 is 1.60 bits per heavy atom. The Kier molecular flexibility index (Phi) is 4.12. The Hall–Kier alpha value is -1.29. The molecule has 0 amide bonds. The molecule has 0 radical (unpaired) electrons. The van der Waals surface area contributed by atoms with E-state index in [0.29, 0.717) is 0 Å². The van der Waals surface area contributed by atoms with Crippen molar-refractivity contribution in [3.8, 4) is 0 Å². The second-order valence-corrected chi connectivity index (χ2v) is 5.61. The fourth-order valence-electron chi connectivity index (χ4n) is 1.63. The molecule has 0 heterocycles. The molecule has 1 rings (SSSR count). The molecule has 0 saturated carbocycles. The van der Waals surface area contributed by atoms with Crippen molar-refractivity contribution in [2.24, 2.45) is 0 Å². The molecule has 0 bridgehead atoms. The minimum absolute atomic E-state index is 0.528. The highest BCUT2D eigenvalue weighted by Gasteiger charge is 2.78. The van der Waals surface area contributed by atoms with Gasteiger partial charge in [0, 0.05) is 6.42 Å². The molecular weight excluding hydrogens is 314 g/mol. The van der Waals surface area contributed by atoms with Crippen LogP contribution in [0.5, 0.6) is 0 Å². The average Bonchev–Trinajstić information content (AvgIpc) is 2.22. The van der Waals surface area contributed by atoms with Gasteiger partial charge in [0.1, 0.15) is 0 Å². The topological polar surface area (TPSA) is 54.4 Å². The quantitative estimate of drug-likeness (QED) is 0.687. The lowest BCUT2D eigenvalue weighted by Gasteiger charge is -2.34. The van der Waals surface area contributed by atoms with Gasteiger partial charge < -0.3 is 0 Å². The van der Waals surface area contributed by atoms with Gasteiger partial charge in [-0.25, -0.2) is 0 Å². The molecule has 10 heteroatoms. The average molecular weight is 322 g/mol. The first kappa shape index (κ1) is 16.8. The standard InChI is InChI=1S/C10H8F6O3S/c11-9(12,13)8(10(14,15)16,20(17,18)19)6-7-4-2-1-3-5-7/h1-5H,6H2,(H,17,18,19). The molecule has 0 aliphatic heterocycles. The summed E-state index contributed by atoms with van der Waals surface area (Å²) in [4.78, 5) is 0. The van der Waals surface area contributed by atoms with Crippen LogP contribution in [0.3, 0.4) is 0 Å². The maximum atomic E-state index is 12.8. The number of hydrogen-bond donors (Lipinski definition) is 1. The van der Waals surface area contributed by atoms with Crippen LogP contribution in [0.2, 0.25) is 0 Å². The van der Waals surface area contributed by atoms with Gasteiger partial charge >= 0.3 is 12.4 Å². The van der Waals surface area contributed by atoms with Crippen LogP contribution < -0.4 is 0 Å². The minimum Gasteiger partial charge on any atom is -0.285 e. The van der Waals surface area contributed by atoms with E-state index in [-0.39, 0.29) is 0 Å². The van der Waals surface area contributed by atoms with Gasteiger partial charge in [-0.05, 0) is 5.56 Å². The molecule has 20 heavy (non-hydrogen) atoms. The van der Waals surface area contributed by atoms with Crippen LogP contribution in [-0.4, -0.2) is 30.1 Å². The summed E-state index contributed by atoms with van der Waals surface area (Å²) in [5.74, 6) is 0. The van der Waals surface area contributed by atoms with Crippen LogP contribution in [-0.2, 0) is 16.5 Å². The fourth-order valence-corrected chi connectivity index (χ4v) is 2.56. The molecule has 3 nitrogen and oxygen atoms in total. The van der Waals surface area contributed by atoms with E-state index >= 15 is 0 Å². The maximum Gasteiger partial charge on any atom is 0.419 e. The van der Waals surface area contributed by atoms with Crippen LogP contribution in [0.1, 0.15) is 5.56 Å². The molecule has 0 aliphatic carbocycles. The van der Waals surface area contributed by atoms with E-state index in [2.05, 4.69) is 0 Å². The molecule has 0 fully saturated rings. The van der Waals surface area contributed by atoms with Crippen molar-refractivity contribution < 1.29 is 39.3 Å². The Balaban J connectivity index is 3.57. The van der Waals surface area contributed by atoms with Crippen LogP contribution >= 0.6 is 0 Å². The van der Waals surface area contributed by atoms with E-state index in [4.69, 9.17) is 4.55 Å². The summed E-state index contributed by atoms with van der Waals surface area (Å²) in [5.41, 5.74) is -0.528. The third-order valence-corrected chi connectivity index (χ3v) is 4.14. The molecule has 114 valence electrons. The molecule has 1 N–H and O–H groups in total. The number of alkyl halides is 6. The second kappa shape index (κ2) is 4.92. The number of halogens is 6. The van der Waals surface area contributed by atoms with E-state index in [1.54, 1.807) is 0 Å². The first-order valence-corrected chi connectivity index (χ1v) is 6.41. The zero-order valence-corrected chi connectivity index (χ0v) is 10.4. The third kappa shape index (κ3) is 2.75. The highest BCUT2D eigenvalue weighted by atomic mass is 32.2. The van der Waals surface area contributed by atoms with Gasteiger partial charge in [0.25, 0.3) is 14.9 Å². The molecule has 0 aromatic heterocycles. The molecule has 0 aliphatic rings. The second-order valence-electron chi connectivity index (χ2n) is 3.96. The van der Waals surface area contributed by atoms with Crippen molar-refractivity contribution in [2.75, 3.05) is 0 Å². The lowest BCUT2D eigenvalue weighted by Crippen LogP contribution is -2.63. The zero-order valence-electron chi connectivity index (χ0n) is 9.53. The van der Waals surface area contributed by atoms with E-state index in [1.807, 2.05) is 0 Å². The first-order valence-electron chi connectivity index (χ1n) is 4.97. The zero-order chi connectivity index (χ0) is 15.8. The Morgan fingerprint density at radius 1 is 0.900 bits per heavy atom. The Bertz CT molecular complexity index is 547. The predicted octanol–water partition coefficient (Wildman–Crippen LogP) is 2.98. The van der Waals surface area contributed by atoms with Crippen LogP contribution in [0.15, 0.2) is 30.3 Å². The largest absolute Gasteiger partial charge is 0.419 e. The molecule has 1 aromatic rings. The fraction of sp³-hybridized carbons (Fsp3) is 0.400. The summed E-state index contributed by atoms with van der Waals surface area (Å²) in [6.45, 7) is 0. The predicted molar refractivity (Wildman–Crippen MR) is 56.5 cm³/mol. The lowest BCUT2D eigenvalue weighted by atomic mass is 9.97. The van der Waals surface area contributed by atoms with Crippen molar-refractivity contribution >= 4 is 10.1 Å². The third-order valence-electron chi connectivity index (χ3n) is 2.65. The Labute approximate surface area is 110 Å². The van der Waals surface area contributed by atoms with Crippen LogP contribution in [0.25, 0.3) is 0 Å². The van der Waals surface area contributed by atoms with Crippen molar-refractivity contribution in [1.82, 2.24) is 0 Å². The molecule has 0 unspecified atom stereocenters. The smallest absolute Gasteiger partial charge is 0.285 e. The molecule has 0 atom stereocenters. The summed E-state index contributed by atoms with van der Waals surface area (Å²) in [6.07, 6.45) is -14.4. The van der Waals surface area contributed by atoms with Gasteiger partial charge in [-0.3, -0.25) is 4.55 Å². The van der Waals surface area contributed by atoms with Gasteiger partial charge in [0.05, 0.1) is 0 Å². The van der Waals surface area contributed by atoms with Gasteiger partial charge in [-0.2, -0.15) is 34.8 Å². The van der Waals surface area contributed by atoms with E-state index in [0.717, 1.165) is 24.3 Å². The summed E-state index contributed by atoms with van der Waals surface area (Å²) in [7, 11) is -6.49. The van der Waals surface area contributed by atoms with E-state index in [1.165, 1.54) is 6.07 Å². The van der Waals surface area contributed by atoms with Gasteiger partial charge in [0.15, 0.2) is 0 Å². The highest BCUT2D eigenvalue weighted by Crippen LogP contribution is 2.50. The molecule has 0 saturated heterocycles. The summed E-state index contributed by atoms with van der Waals surface area (Å²) < 4.78 is 102. The van der Waals surface area contributed by atoms with Gasteiger partial charge in [-0.1, -0.05) is 30.3 Å². The number of benzene rings is 1. The minimum atomic E-state index is -6.49. The SMILES string of the molecule is O=S(=O)(O)C(Cc1ccccc1)(C(F)(F)F)C(F)(F)F. The normalized spacial score (nSPS) is 14.3. The van der Waals surface area contributed by atoms with Crippen LogP contribution in [0.4, 0.5) is 26.3 Å². The van der Waals surface area contributed by atoms with E-state index in [9.17, 15) is 34.8 Å². The number of rotatable bonds is 3. The summed E-state index contributed by atoms with van der Waals surface area (Å²) in [5, 5.41) is 0. The summed E-state index contributed by atoms with van der Waals surface area (Å²) in [6, 6.07) is 5.43. The summed E-state index contributed by atoms with van der Waals surface area (Å²) >= 11 is 0. The van der Waals surface area contributed by atoms with Crippen LogP contribution in [0, 0.1) is 0 Å². The van der Waals surface area contributed by atoms with Crippen molar-refractivity contribution in [2.45, 2.75) is 23.5 Å². The van der Waals surface area contributed by atoms with Crippen molar-refractivity contribution in [3.63, 3.8) is 0 Å². The van der Waals surface area contributed by atoms with Crippen molar-refractivity contribution in [3.05, 3.63) is 35.9 Å². The van der Waals surface area contributed by atoms with Gasteiger partial charge in [-0.15, -0.1) is 0 Å². The molecule has 1 aromatic carbocycles. The monoisotopic (exact) mass is 322 g/mol. The molecular formula is C10H8F6O3S. The van der Waals surface area contributed by atoms with E-state index < -0.39 is 39.2 Å². The maximum absolute atomic E-state index is 12.8. The van der Waals surface area contributed by atoms with Gasteiger partial charge in [0.2, 0.25) is 0 Å².